The summed E-state index contributed by atoms with van der Waals surface area (Å²) in [7, 11) is 0. The molecule has 1 fully saturated rings. The van der Waals surface area contributed by atoms with E-state index in [4.69, 9.17) is 19.5 Å². The number of pyridine rings is 1. The number of hydrogen-bond acceptors (Lipinski definition) is 9. The van der Waals surface area contributed by atoms with Crippen LogP contribution in [0.25, 0.3) is 11.3 Å². The molecular formula is C22H24FN3O6S. The number of aromatic nitrogens is 2. The molecule has 3 N–H and O–H groups in total. The number of benzene rings is 1. The first-order valence-corrected chi connectivity index (χ1v) is 11.2. The van der Waals surface area contributed by atoms with Gasteiger partial charge in [0.2, 0.25) is 5.88 Å². The number of thioether (sulfide) groups is 1. The number of hydrogen-bond donors (Lipinski definition) is 3. The van der Waals surface area contributed by atoms with Gasteiger partial charge in [0.1, 0.15) is 31.5 Å². The molecule has 0 saturated carbocycles. The van der Waals surface area contributed by atoms with E-state index >= 15 is 0 Å². The van der Waals surface area contributed by atoms with Crippen LogP contribution < -0.4 is 4.74 Å². The summed E-state index contributed by atoms with van der Waals surface area (Å²) in [5, 5.41) is 27.8. The van der Waals surface area contributed by atoms with Crippen LogP contribution in [0.5, 0.6) is 5.88 Å². The van der Waals surface area contributed by atoms with Gasteiger partial charge >= 0.3 is 0 Å². The molecule has 4 rings (SSSR count). The van der Waals surface area contributed by atoms with Gasteiger partial charge < -0.3 is 29.5 Å². The Morgan fingerprint density at radius 3 is 2.42 bits per heavy atom. The van der Waals surface area contributed by atoms with Gasteiger partial charge in [-0.25, -0.2) is 9.37 Å². The van der Waals surface area contributed by atoms with Crippen molar-refractivity contribution < 1.29 is 33.8 Å². The average molecular weight is 478 g/mol. The van der Waals surface area contributed by atoms with Crippen LogP contribution in [-0.2, 0) is 13.2 Å². The number of nitrogens with zero attached hydrogens (tertiary/aromatic N) is 3. The SMILES string of the molecule is O=C(c1ccc(OCc2c(-c3ccc(F)cc3)noc2CO)nc1)N1CCSCC1.OCO. The van der Waals surface area contributed by atoms with Crippen molar-refractivity contribution in [2.45, 2.75) is 13.2 Å². The minimum atomic E-state index is -0.750. The molecule has 3 aromatic rings. The van der Waals surface area contributed by atoms with E-state index in [1.54, 1.807) is 24.3 Å². The minimum absolute atomic E-state index is 0.0328. The van der Waals surface area contributed by atoms with Crippen molar-refractivity contribution in [3.05, 3.63) is 65.3 Å². The van der Waals surface area contributed by atoms with E-state index in [-0.39, 0.29) is 30.7 Å². The highest BCUT2D eigenvalue weighted by Gasteiger charge is 2.20. The second-order valence-corrected chi connectivity index (χ2v) is 8.04. The van der Waals surface area contributed by atoms with Crippen LogP contribution in [0.15, 0.2) is 47.1 Å². The molecular weight excluding hydrogens is 453 g/mol. The van der Waals surface area contributed by atoms with E-state index in [0.29, 0.717) is 28.3 Å². The predicted octanol–water partition coefficient (Wildman–Crippen LogP) is 2.06. The maximum atomic E-state index is 13.2. The zero-order valence-electron chi connectivity index (χ0n) is 17.7. The molecule has 1 amide bonds. The third-order valence-corrected chi connectivity index (χ3v) is 5.72. The second-order valence-electron chi connectivity index (χ2n) is 6.82. The fourth-order valence-corrected chi connectivity index (χ4v) is 4.04. The first-order valence-electron chi connectivity index (χ1n) is 10.1. The van der Waals surface area contributed by atoms with Crippen molar-refractivity contribution in [3.8, 4) is 17.1 Å². The number of ether oxygens (including phenoxy) is 1. The quantitative estimate of drug-likeness (QED) is 0.457. The van der Waals surface area contributed by atoms with Crippen LogP contribution >= 0.6 is 11.8 Å². The van der Waals surface area contributed by atoms with Gasteiger partial charge in [-0.1, -0.05) is 5.16 Å². The molecule has 1 saturated heterocycles. The molecule has 0 aliphatic carbocycles. The molecule has 0 unspecified atom stereocenters. The average Bonchev–Trinajstić information content (AvgIpc) is 3.27. The summed E-state index contributed by atoms with van der Waals surface area (Å²) in [6.45, 7) is 0.439. The van der Waals surface area contributed by atoms with Crippen molar-refractivity contribution in [2.75, 3.05) is 31.4 Å². The topological polar surface area (TPSA) is 129 Å². The van der Waals surface area contributed by atoms with Gasteiger partial charge in [0.15, 0.2) is 5.76 Å². The fraction of sp³-hybridized carbons (Fsp3) is 0.318. The number of aliphatic hydroxyl groups is 3. The molecule has 176 valence electrons. The Morgan fingerprint density at radius 1 is 1.12 bits per heavy atom. The number of aliphatic hydroxyl groups excluding tert-OH is 2. The summed E-state index contributed by atoms with van der Waals surface area (Å²) in [5.41, 5.74) is 2.18. The highest BCUT2D eigenvalue weighted by molar-refractivity contribution is 7.99. The molecule has 1 aliphatic rings. The zero-order chi connectivity index (χ0) is 23.6. The van der Waals surface area contributed by atoms with Crippen LogP contribution in [0.2, 0.25) is 0 Å². The fourth-order valence-electron chi connectivity index (χ4n) is 3.14. The molecule has 1 aromatic carbocycles. The summed E-state index contributed by atoms with van der Waals surface area (Å²) < 4.78 is 24.1. The molecule has 9 nitrogen and oxygen atoms in total. The van der Waals surface area contributed by atoms with Gasteiger partial charge in [0, 0.05) is 42.4 Å². The summed E-state index contributed by atoms with van der Waals surface area (Å²) >= 11 is 1.84. The Hall–Kier alpha value is -2.99. The molecule has 11 heteroatoms. The van der Waals surface area contributed by atoms with Crippen LogP contribution in [0.4, 0.5) is 4.39 Å². The predicted molar refractivity (Wildman–Crippen MR) is 119 cm³/mol. The summed E-state index contributed by atoms with van der Waals surface area (Å²) in [6.07, 6.45) is 1.50. The minimum Gasteiger partial charge on any atom is -0.473 e. The molecule has 2 aromatic heterocycles. The number of carbonyl (C=O) groups is 1. The Bertz CT molecular complexity index is 1020. The second kappa shape index (κ2) is 12.3. The monoisotopic (exact) mass is 477 g/mol. The summed E-state index contributed by atoms with van der Waals surface area (Å²) in [5.74, 6) is 2.10. The Labute approximate surface area is 193 Å². The van der Waals surface area contributed by atoms with Gasteiger partial charge in [-0.05, 0) is 30.3 Å². The van der Waals surface area contributed by atoms with Crippen molar-refractivity contribution in [3.63, 3.8) is 0 Å². The molecule has 3 heterocycles. The largest absolute Gasteiger partial charge is 0.473 e. The van der Waals surface area contributed by atoms with Crippen LogP contribution in [0.3, 0.4) is 0 Å². The number of rotatable bonds is 6. The number of amides is 1. The van der Waals surface area contributed by atoms with E-state index in [0.717, 1.165) is 24.6 Å². The lowest BCUT2D eigenvalue weighted by Crippen LogP contribution is -2.37. The maximum absolute atomic E-state index is 13.2. The van der Waals surface area contributed by atoms with Crippen molar-refractivity contribution in [1.82, 2.24) is 15.0 Å². The highest BCUT2D eigenvalue weighted by Crippen LogP contribution is 2.27. The first-order chi connectivity index (χ1) is 16.1. The Kier molecular flexibility index (Phi) is 9.19. The van der Waals surface area contributed by atoms with E-state index in [2.05, 4.69) is 10.1 Å². The maximum Gasteiger partial charge on any atom is 0.255 e. The molecule has 33 heavy (non-hydrogen) atoms. The number of halogens is 1. The van der Waals surface area contributed by atoms with Crippen molar-refractivity contribution >= 4 is 17.7 Å². The van der Waals surface area contributed by atoms with Gasteiger partial charge in [-0.2, -0.15) is 11.8 Å². The van der Waals surface area contributed by atoms with Crippen molar-refractivity contribution in [1.29, 1.82) is 0 Å². The first kappa shape index (κ1) is 24.6. The van der Waals surface area contributed by atoms with E-state index < -0.39 is 6.79 Å². The highest BCUT2D eigenvalue weighted by atomic mass is 32.2. The van der Waals surface area contributed by atoms with Crippen LogP contribution in [0.1, 0.15) is 21.7 Å². The van der Waals surface area contributed by atoms with Gasteiger partial charge in [-0.3, -0.25) is 4.79 Å². The summed E-state index contributed by atoms with van der Waals surface area (Å²) in [6, 6.07) is 9.13. The van der Waals surface area contributed by atoms with Gasteiger partial charge in [0.05, 0.1) is 11.1 Å². The molecule has 0 bridgehead atoms. The van der Waals surface area contributed by atoms with Gasteiger partial charge in [-0.15, -0.1) is 0 Å². The zero-order valence-corrected chi connectivity index (χ0v) is 18.5. The third-order valence-electron chi connectivity index (χ3n) is 4.78. The third kappa shape index (κ3) is 6.51. The van der Waals surface area contributed by atoms with E-state index in [9.17, 15) is 14.3 Å². The molecule has 1 aliphatic heterocycles. The number of carbonyl (C=O) groups excluding carboxylic acids is 1. The standard InChI is InChI=1S/C21H20FN3O4S.CH4O2/c22-16-4-1-14(2-5-16)20-17(18(12-26)29-24-20)13-28-19-6-3-15(11-23-19)21(27)25-7-9-30-10-8-25;2-1-3/h1-6,11,26H,7-10,12-13H2;2-3H,1H2. The lowest BCUT2D eigenvalue weighted by Gasteiger charge is -2.26. The summed E-state index contributed by atoms with van der Waals surface area (Å²) in [4.78, 5) is 18.6. The Morgan fingerprint density at radius 2 is 1.82 bits per heavy atom. The lowest BCUT2D eigenvalue weighted by atomic mass is 10.1. The normalized spacial score (nSPS) is 13.3. The Balaban J connectivity index is 0.000000968. The van der Waals surface area contributed by atoms with E-state index in [1.165, 1.54) is 18.3 Å². The van der Waals surface area contributed by atoms with E-state index in [1.807, 2.05) is 16.7 Å². The van der Waals surface area contributed by atoms with Crippen LogP contribution in [0, 0.1) is 5.82 Å². The molecule has 0 atom stereocenters. The lowest BCUT2D eigenvalue weighted by molar-refractivity contribution is 0.0765. The molecule has 0 radical (unpaired) electrons. The van der Waals surface area contributed by atoms with Crippen LogP contribution in [-0.4, -0.2) is 67.7 Å². The van der Waals surface area contributed by atoms with Gasteiger partial charge in [0.25, 0.3) is 5.91 Å². The van der Waals surface area contributed by atoms with Crippen molar-refractivity contribution in [2.24, 2.45) is 0 Å². The molecule has 0 spiro atoms. The smallest absolute Gasteiger partial charge is 0.255 e.